The van der Waals surface area contributed by atoms with Gasteiger partial charge in [0.05, 0.1) is 0 Å². The van der Waals surface area contributed by atoms with E-state index in [1.165, 1.54) is 0 Å². The molecule has 1 rings (SSSR count). The van der Waals surface area contributed by atoms with Crippen molar-refractivity contribution in [2.24, 2.45) is 0 Å². The summed E-state index contributed by atoms with van der Waals surface area (Å²) in [4.78, 5) is 0. The van der Waals surface area contributed by atoms with Gasteiger partial charge in [0.15, 0.2) is 0 Å². The van der Waals surface area contributed by atoms with Gasteiger partial charge in [0.2, 0.25) is 0 Å². The Morgan fingerprint density at radius 2 is 2.27 bits per heavy atom. The van der Waals surface area contributed by atoms with Gasteiger partial charge in [-0.2, -0.15) is 0 Å². The van der Waals surface area contributed by atoms with Crippen LogP contribution >= 0.6 is 15.9 Å². The first-order valence-corrected chi connectivity index (χ1v) is 4.28. The third-order valence-corrected chi connectivity index (χ3v) is 1.72. The van der Waals surface area contributed by atoms with Crippen molar-refractivity contribution in [3.05, 3.63) is 42.0 Å². The Morgan fingerprint density at radius 3 is 2.91 bits per heavy atom. The van der Waals surface area contributed by atoms with Gasteiger partial charge in [-0.25, -0.2) is 0 Å². The Bertz CT molecular complexity index is 297. The average Bonchev–Trinajstić information content (AvgIpc) is 2.16. The lowest BCUT2D eigenvalue weighted by Gasteiger charge is -2.01. The van der Waals surface area contributed by atoms with Crippen molar-refractivity contribution in [3.8, 4) is 0 Å². The van der Waals surface area contributed by atoms with Crippen LogP contribution < -0.4 is 0 Å². The van der Waals surface area contributed by atoms with Gasteiger partial charge in [-0.05, 0) is 17.5 Å². The largest absolute Gasteiger partial charge is 0.0985 e. The van der Waals surface area contributed by atoms with Crippen LogP contribution in [0, 0.1) is 0 Å². The van der Waals surface area contributed by atoms with E-state index in [0.29, 0.717) is 0 Å². The van der Waals surface area contributed by atoms with Crippen LogP contribution in [0.1, 0.15) is 13.9 Å². The van der Waals surface area contributed by atoms with E-state index in [9.17, 15) is 0 Å². The lowest BCUT2D eigenvalue weighted by atomic mass is 10.1. The lowest BCUT2D eigenvalue weighted by molar-refractivity contribution is 1.16. The van der Waals surface area contributed by atoms with Crippen molar-refractivity contribution in [1.82, 2.24) is 0 Å². The molecule has 0 fully saturated rings. The fraction of sp³-hybridized carbons (Fsp3) is 0.200. The van der Waals surface area contributed by atoms with Gasteiger partial charge in [-0.15, -0.1) is 0 Å². The highest BCUT2D eigenvalue weighted by Crippen LogP contribution is 2.11. The minimum absolute atomic E-state index is 0.561. The third kappa shape index (κ3) is 2.19. The molecule has 0 unspecified atom stereocenters. The molecule has 58 valence electrons. The number of benzene rings is 1. The summed E-state index contributed by atoms with van der Waals surface area (Å²) in [6.45, 7) is 3.67. The van der Waals surface area contributed by atoms with Crippen LogP contribution in [-0.4, -0.2) is 5.31 Å². The van der Waals surface area contributed by atoms with E-state index in [4.69, 9.17) is 2.74 Å². The number of hydrogen-bond donors (Lipinski definition) is 0. The SMILES string of the molecule is [2H][C@@H](Br)[C@@H]([2H])c1ccccc1C=C. The van der Waals surface area contributed by atoms with Crippen molar-refractivity contribution in [3.63, 3.8) is 0 Å². The van der Waals surface area contributed by atoms with Crippen LogP contribution in [0.15, 0.2) is 30.8 Å². The summed E-state index contributed by atoms with van der Waals surface area (Å²) in [5.41, 5.74) is 1.77. The van der Waals surface area contributed by atoms with Gasteiger partial charge in [-0.3, -0.25) is 0 Å². The Morgan fingerprint density at radius 1 is 1.55 bits per heavy atom. The summed E-state index contributed by atoms with van der Waals surface area (Å²) >= 11 is 3.08. The monoisotopic (exact) mass is 212 g/mol. The quantitative estimate of drug-likeness (QED) is 0.676. The first kappa shape index (κ1) is 6.01. The highest BCUT2D eigenvalue weighted by atomic mass is 79.9. The summed E-state index contributed by atoms with van der Waals surface area (Å²) in [5, 5.41) is -0.589. The second kappa shape index (κ2) is 4.35. The molecule has 0 aliphatic heterocycles. The second-order valence-electron chi connectivity index (χ2n) is 2.13. The van der Waals surface area contributed by atoms with Gasteiger partial charge in [0.25, 0.3) is 0 Å². The van der Waals surface area contributed by atoms with Gasteiger partial charge >= 0.3 is 0 Å². The number of rotatable bonds is 3. The molecule has 0 saturated heterocycles. The van der Waals surface area contributed by atoms with Crippen LogP contribution in [0.5, 0.6) is 0 Å². The summed E-state index contributed by atoms with van der Waals surface area (Å²) in [5.74, 6) is 0. The minimum Gasteiger partial charge on any atom is -0.0985 e. The molecular formula is C10H11Br. The molecule has 11 heavy (non-hydrogen) atoms. The third-order valence-electron chi connectivity index (χ3n) is 1.46. The average molecular weight is 213 g/mol. The topological polar surface area (TPSA) is 0 Å². The van der Waals surface area contributed by atoms with Gasteiger partial charge in [-0.1, -0.05) is 52.9 Å². The van der Waals surface area contributed by atoms with E-state index in [-0.39, 0.29) is 0 Å². The van der Waals surface area contributed by atoms with Crippen LogP contribution in [0.4, 0.5) is 0 Å². The summed E-state index contributed by atoms with van der Waals surface area (Å²) in [6, 6.07) is 7.54. The van der Waals surface area contributed by atoms with E-state index in [2.05, 4.69) is 22.5 Å². The molecule has 0 amide bonds. The Balaban J connectivity index is 3.05. The number of hydrogen-bond acceptors (Lipinski definition) is 0. The lowest BCUT2D eigenvalue weighted by Crippen LogP contribution is -1.88. The highest BCUT2D eigenvalue weighted by Gasteiger charge is 1.94. The minimum atomic E-state index is -0.589. The zero-order valence-electron chi connectivity index (χ0n) is 8.13. The maximum atomic E-state index is 7.73. The zero-order chi connectivity index (χ0) is 9.84. The van der Waals surface area contributed by atoms with Gasteiger partial charge < -0.3 is 0 Å². The summed E-state index contributed by atoms with van der Waals surface area (Å²) < 4.78 is 15.1. The Labute approximate surface area is 78.9 Å². The molecule has 0 nitrogen and oxygen atoms in total. The second-order valence-corrected chi connectivity index (χ2v) is 2.65. The van der Waals surface area contributed by atoms with Crippen molar-refractivity contribution in [2.45, 2.75) is 6.40 Å². The molecule has 0 aliphatic rings. The molecule has 0 radical (unpaired) electrons. The van der Waals surface area contributed by atoms with E-state index < -0.39 is 11.7 Å². The highest BCUT2D eigenvalue weighted by molar-refractivity contribution is 9.09. The van der Waals surface area contributed by atoms with E-state index in [1.54, 1.807) is 6.08 Å². The molecule has 0 heterocycles. The maximum absolute atomic E-state index is 7.73. The van der Waals surface area contributed by atoms with E-state index >= 15 is 0 Å². The first-order chi connectivity index (χ1) is 6.16. The zero-order valence-corrected chi connectivity index (χ0v) is 7.71. The molecule has 0 aliphatic carbocycles. The first-order valence-electron chi connectivity index (χ1n) is 4.52. The predicted molar refractivity (Wildman–Crippen MR) is 54.0 cm³/mol. The molecule has 0 spiro atoms. The van der Waals surface area contributed by atoms with Gasteiger partial charge in [0.1, 0.15) is 0 Å². The molecule has 1 aromatic carbocycles. The van der Waals surface area contributed by atoms with Crippen molar-refractivity contribution in [1.29, 1.82) is 0 Å². The molecule has 0 bridgehead atoms. The molecule has 1 aromatic rings. The normalized spacial score (nSPS) is 17.9. The van der Waals surface area contributed by atoms with Crippen LogP contribution in [0.3, 0.4) is 0 Å². The smallest absolute Gasteiger partial charge is 0.0390 e. The van der Waals surface area contributed by atoms with E-state index in [1.807, 2.05) is 24.3 Å². The van der Waals surface area contributed by atoms with Crippen molar-refractivity contribution >= 4 is 22.0 Å². The molecule has 1 heteroatoms. The standard InChI is InChI=1S/C10H11Br/c1-2-9-5-3-4-6-10(9)7-8-11/h2-6H,1,7-8H2/i7D,8D/t7-,8-/m1/s1. The maximum Gasteiger partial charge on any atom is 0.0390 e. The Kier molecular flexibility index (Phi) is 2.37. The van der Waals surface area contributed by atoms with Gasteiger partial charge in [0, 0.05) is 8.05 Å². The molecule has 2 atom stereocenters. The van der Waals surface area contributed by atoms with Crippen molar-refractivity contribution in [2.75, 3.05) is 5.31 Å². The van der Waals surface area contributed by atoms with Crippen LogP contribution in [0.2, 0.25) is 0 Å². The fourth-order valence-electron chi connectivity index (χ4n) is 0.916. The van der Waals surface area contributed by atoms with Crippen LogP contribution in [0.25, 0.3) is 6.08 Å². The summed E-state index contributed by atoms with van der Waals surface area (Å²) in [7, 11) is 0. The Hall–Kier alpha value is -0.560. The summed E-state index contributed by atoms with van der Waals surface area (Å²) in [6.07, 6.45) is 1.15. The van der Waals surface area contributed by atoms with E-state index in [0.717, 1.165) is 11.1 Å². The van der Waals surface area contributed by atoms with Crippen LogP contribution in [-0.2, 0) is 6.40 Å². The molecule has 0 aromatic heterocycles. The molecule has 0 saturated carbocycles. The molecule has 0 N–H and O–H groups in total. The molecular weight excluding hydrogens is 200 g/mol. The fourth-order valence-corrected chi connectivity index (χ4v) is 1.20. The number of alkyl halides is 1. The number of halogens is 1. The predicted octanol–water partition coefficient (Wildman–Crippen LogP) is 3.27. The number of aryl methyl sites for hydroxylation is 1. The van der Waals surface area contributed by atoms with Crippen molar-refractivity contribution < 1.29 is 2.74 Å².